The first-order valence-corrected chi connectivity index (χ1v) is 12.9. The molecule has 182 valence electrons. The zero-order valence-corrected chi connectivity index (χ0v) is 20.4. The predicted octanol–water partition coefficient (Wildman–Crippen LogP) is 4.26. The summed E-state index contributed by atoms with van der Waals surface area (Å²) < 4.78 is 5.54. The summed E-state index contributed by atoms with van der Waals surface area (Å²) in [6, 6.07) is 15.5. The Kier molecular flexibility index (Phi) is 9.39. The summed E-state index contributed by atoms with van der Waals surface area (Å²) in [6.45, 7) is 2.56. The molecule has 0 fully saturated rings. The van der Waals surface area contributed by atoms with Gasteiger partial charge in [0.1, 0.15) is 12.6 Å². The molecule has 3 N–H and O–H groups in total. The lowest BCUT2D eigenvalue weighted by Crippen LogP contribution is -2.41. The molecule has 7 nitrogen and oxygen atoms in total. The zero-order valence-electron chi connectivity index (χ0n) is 19.6. The molecule has 0 spiro atoms. The SMILES string of the molecule is CSCC[C@@H](NC(=O)CCC(C)CNC(=O)OCC1c2ccccc2-c2ccccc21)C(=O)O. The van der Waals surface area contributed by atoms with Crippen molar-refractivity contribution in [2.24, 2.45) is 5.92 Å². The van der Waals surface area contributed by atoms with E-state index in [1.165, 1.54) is 11.1 Å². The first-order valence-electron chi connectivity index (χ1n) is 11.5. The van der Waals surface area contributed by atoms with Crippen molar-refractivity contribution in [3.8, 4) is 11.1 Å². The standard InChI is InChI=1S/C26H32N2O5S/c1-17(11-12-24(29)28-23(25(30)31)13-14-34-2)15-27-26(32)33-16-22-20-9-5-3-7-18(20)19-8-4-6-10-21(19)22/h3-10,17,22-23H,11-16H2,1-2H3,(H,27,32)(H,28,29)(H,30,31)/t17?,23-/m1/s1. The van der Waals surface area contributed by atoms with Crippen LogP contribution in [0.5, 0.6) is 0 Å². The van der Waals surface area contributed by atoms with Gasteiger partial charge >= 0.3 is 12.1 Å². The number of carboxylic acids is 1. The van der Waals surface area contributed by atoms with Crippen molar-refractivity contribution in [3.05, 3.63) is 59.7 Å². The Morgan fingerprint density at radius 1 is 1.03 bits per heavy atom. The largest absolute Gasteiger partial charge is 0.480 e. The van der Waals surface area contributed by atoms with Gasteiger partial charge in [-0.15, -0.1) is 0 Å². The minimum Gasteiger partial charge on any atom is -0.480 e. The second kappa shape index (κ2) is 12.5. The smallest absolute Gasteiger partial charge is 0.407 e. The number of nitrogens with one attached hydrogen (secondary N) is 2. The summed E-state index contributed by atoms with van der Waals surface area (Å²) in [4.78, 5) is 35.7. The fourth-order valence-electron chi connectivity index (χ4n) is 4.15. The van der Waals surface area contributed by atoms with E-state index in [9.17, 15) is 19.5 Å². The molecule has 0 aliphatic heterocycles. The van der Waals surface area contributed by atoms with E-state index in [1.807, 2.05) is 37.4 Å². The normalized spacial score (nSPS) is 13.9. The molecule has 0 saturated heterocycles. The highest BCUT2D eigenvalue weighted by molar-refractivity contribution is 7.98. The summed E-state index contributed by atoms with van der Waals surface area (Å²) in [5, 5.41) is 14.6. The predicted molar refractivity (Wildman–Crippen MR) is 134 cm³/mol. The third-order valence-corrected chi connectivity index (χ3v) is 6.69. The van der Waals surface area contributed by atoms with Crippen molar-refractivity contribution < 1.29 is 24.2 Å². The average molecular weight is 485 g/mol. The Balaban J connectivity index is 1.41. The molecule has 2 atom stereocenters. The Hall–Kier alpha value is -3.00. The van der Waals surface area contributed by atoms with Gasteiger partial charge in [-0.1, -0.05) is 55.5 Å². The first kappa shape index (κ1) is 25.6. The molecule has 2 aromatic carbocycles. The van der Waals surface area contributed by atoms with Gasteiger partial charge in [0, 0.05) is 18.9 Å². The van der Waals surface area contributed by atoms with Gasteiger partial charge in [-0.3, -0.25) is 4.79 Å². The average Bonchev–Trinajstić information content (AvgIpc) is 3.16. The number of carbonyl (C=O) groups is 3. The maximum atomic E-state index is 12.3. The number of fused-ring (bicyclic) bond motifs is 3. The maximum Gasteiger partial charge on any atom is 0.407 e. The second-order valence-corrected chi connectivity index (χ2v) is 9.58. The van der Waals surface area contributed by atoms with Crippen molar-refractivity contribution in [2.75, 3.05) is 25.2 Å². The number of carboxylic acid groups (broad SMARTS) is 1. The van der Waals surface area contributed by atoms with E-state index >= 15 is 0 Å². The number of hydrogen-bond donors (Lipinski definition) is 3. The Morgan fingerprint density at radius 2 is 1.65 bits per heavy atom. The van der Waals surface area contributed by atoms with Crippen LogP contribution in [0.15, 0.2) is 48.5 Å². The third kappa shape index (κ3) is 6.76. The van der Waals surface area contributed by atoms with Gasteiger partial charge in [-0.05, 0) is 53.0 Å². The summed E-state index contributed by atoms with van der Waals surface area (Å²) in [7, 11) is 0. The lowest BCUT2D eigenvalue weighted by atomic mass is 9.98. The second-order valence-electron chi connectivity index (χ2n) is 8.59. The third-order valence-electron chi connectivity index (χ3n) is 6.05. The van der Waals surface area contributed by atoms with Crippen LogP contribution in [0, 0.1) is 5.92 Å². The van der Waals surface area contributed by atoms with Crippen LogP contribution >= 0.6 is 11.8 Å². The van der Waals surface area contributed by atoms with Gasteiger partial charge in [0.2, 0.25) is 5.91 Å². The number of ether oxygens (including phenoxy) is 1. The quantitative estimate of drug-likeness (QED) is 0.416. The first-order chi connectivity index (χ1) is 16.4. The van der Waals surface area contributed by atoms with Crippen molar-refractivity contribution in [1.82, 2.24) is 10.6 Å². The molecule has 0 radical (unpaired) electrons. The lowest BCUT2D eigenvalue weighted by molar-refractivity contribution is -0.141. The number of rotatable bonds is 12. The van der Waals surface area contributed by atoms with Crippen LogP contribution in [-0.4, -0.2) is 54.3 Å². The fraction of sp³-hybridized carbons (Fsp3) is 0.423. The molecule has 1 aliphatic rings. The van der Waals surface area contributed by atoms with Crippen molar-refractivity contribution >= 4 is 29.7 Å². The number of benzene rings is 2. The van der Waals surface area contributed by atoms with Gasteiger partial charge in [-0.25, -0.2) is 9.59 Å². The molecule has 0 aromatic heterocycles. The van der Waals surface area contributed by atoms with Crippen molar-refractivity contribution in [2.45, 2.75) is 38.1 Å². The summed E-state index contributed by atoms with van der Waals surface area (Å²) in [5.74, 6) is -0.598. The molecular formula is C26H32N2O5S. The van der Waals surface area contributed by atoms with Gasteiger partial charge in [0.05, 0.1) is 0 Å². The van der Waals surface area contributed by atoms with Crippen LogP contribution in [0.1, 0.15) is 43.2 Å². The molecule has 0 bridgehead atoms. The van der Waals surface area contributed by atoms with E-state index in [-0.39, 0.29) is 30.8 Å². The van der Waals surface area contributed by atoms with E-state index in [4.69, 9.17) is 4.74 Å². The van der Waals surface area contributed by atoms with Crippen LogP contribution in [0.2, 0.25) is 0 Å². The van der Waals surface area contributed by atoms with Crippen LogP contribution in [0.4, 0.5) is 4.79 Å². The topological polar surface area (TPSA) is 105 Å². The molecule has 3 rings (SSSR count). The van der Waals surface area contributed by atoms with E-state index in [0.29, 0.717) is 25.1 Å². The number of carbonyl (C=O) groups excluding carboxylic acids is 2. The molecule has 34 heavy (non-hydrogen) atoms. The minimum atomic E-state index is -1.02. The molecule has 2 aromatic rings. The van der Waals surface area contributed by atoms with E-state index in [1.54, 1.807) is 11.8 Å². The van der Waals surface area contributed by atoms with E-state index in [0.717, 1.165) is 11.1 Å². The Morgan fingerprint density at radius 3 is 2.24 bits per heavy atom. The Labute approximate surface area is 204 Å². The number of hydrogen-bond acceptors (Lipinski definition) is 5. The highest BCUT2D eigenvalue weighted by Gasteiger charge is 2.29. The van der Waals surface area contributed by atoms with Gasteiger partial charge in [0.25, 0.3) is 0 Å². The Bertz CT molecular complexity index is 967. The number of amides is 2. The highest BCUT2D eigenvalue weighted by Crippen LogP contribution is 2.44. The highest BCUT2D eigenvalue weighted by atomic mass is 32.2. The monoisotopic (exact) mass is 484 g/mol. The molecule has 1 aliphatic carbocycles. The zero-order chi connectivity index (χ0) is 24.5. The molecule has 0 saturated carbocycles. The molecule has 2 amide bonds. The van der Waals surface area contributed by atoms with Crippen molar-refractivity contribution in [1.29, 1.82) is 0 Å². The van der Waals surface area contributed by atoms with Crippen molar-refractivity contribution in [3.63, 3.8) is 0 Å². The number of aliphatic carboxylic acids is 1. The molecular weight excluding hydrogens is 452 g/mol. The van der Waals surface area contributed by atoms with Crippen LogP contribution < -0.4 is 10.6 Å². The summed E-state index contributed by atoms with van der Waals surface area (Å²) in [5.41, 5.74) is 4.68. The molecule has 1 unspecified atom stereocenters. The minimum absolute atomic E-state index is 0.00700. The van der Waals surface area contributed by atoms with Gasteiger partial charge in [0.15, 0.2) is 0 Å². The van der Waals surface area contributed by atoms with Crippen LogP contribution in [0.25, 0.3) is 11.1 Å². The van der Waals surface area contributed by atoms with Crippen LogP contribution in [-0.2, 0) is 14.3 Å². The van der Waals surface area contributed by atoms with Crippen LogP contribution in [0.3, 0.4) is 0 Å². The van der Waals surface area contributed by atoms with E-state index in [2.05, 4.69) is 34.9 Å². The number of thioether (sulfide) groups is 1. The molecule has 8 heteroatoms. The summed E-state index contributed by atoms with van der Waals surface area (Å²) >= 11 is 1.54. The maximum absolute atomic E-state index is 12.3. The van der Waals surface area contributed by atoms with Gasteiger partial charge in [-0.2, -0.15) is 11.8 Å². The fourth-order valence-corrected chi connectivity index (χ4v) is 4.62. The molecule has 0 heterocycles. The van der Waals surface area contributed by atoms with Gasteiger partial charge < -0.3 is 20.5 Å². The lowest BCUT2D eigenvalue weighted by Gasteiger charge is -2.17. The number of alkyl carbamates (subject to hydrolysis) is 1. The van der Waals surface area contributed by atoms with E-state index < -0.39 is 18.1 Å². The summed E-state index contributed by atoms with van der Waals surface area (Å²) in [6.07, 6.45) is 2.54.